The van der Waals surface area contributed by atoms with Gasteiger partial charge in [-0.05, 0) is 17.7 Å². The number of halogens is 1. The van der Waals surface area contributed by atoms with Gasteiger partial charge in [0, 0.05) is 30.3 Å². The molecule has 138 valence electrons. The molecular weight excluding hydrogens is 378 g/mol. The van der Waals surface area contributed by atoms with Gasteiger partial charge in [0.1, 0.15) is 0 Å². The molecule has 1 atom stereocenters. The van der Waals surface area contributed by atoms with Gasteiger partial charge >= 0.3 is 5.97 Å². The van der Waals surface area contributed by atoms with Gasteiger partial charge in [0.15, 0.2) is 5.69 Å². The van der Waals surface area contributed by atoms with Crippen molar-refractivity contribution in [3.63, 3.8) is 0 Å². The van der Waals surface area contributed by atoms with E-state index < -0.39 is 12.0 Å². The van der Waals surface area contributed by atoms with Gasteiger partial charge < -0.3 is 15.7 Å². The van der Waals surface area contributed by atoms with Crippen LogP contribution in [-0.4, -0.2) is 34.4 Å². The molecule has 0 saturated carbocycles. The fraction of sp³-hybridized carbons (Fsp3) is 0.294. The number of carbonyl (C=O) groups excluding carboxylic acids is 2. The molecule has 2 rings (SSSR count). The minimum atomic E-state index is -1.07. The van der Waals surface area contributed by atoms with E-state index in [9.17, 15) is 14.4 Å². The summed E-state index contributed by atoms with van der Waals surface area (Å²) in [6.45, 7) is 1.72. The number of hydrogen-bond acceptors (Lipinski definition) is 5. The Balaban J connectivity index is 1.88. The van der Waals surface area contributed by atoms with Crippen LogP contribution in [0.15, 0.2) is 29.6 Å². The highest BCUT2D eigenvalue weighted by Crippen LogP contribution is 2.19. The predicted molar refractivity (Wildman–Crippen MR) is 98.4 cm³/mol. The molecule has 7 nitrogen and oxygen atoms in total. The van der Waals surface area contributed by atoms with Crippen LogP contribution in [0.3, 0.4) is 0 Å². The normalized spacial score (nSPS) is 11.6. The summed E-state index contributed by atoms with van der Waals surface area (Å²) in [5.41, 5.74) is 0.788. The molecule has 26 heavy (non-hydrogen) atoms. The Kier molecular flexibility index (Phi) is 7.11. The van der Waals surface area contributed by atoms with Crippen molar-refractivity contribution in [2.24, 2.45) is 0 Å². The second-order valence-electron chi connectivity index (χ2n) is 5.54. The highest BCUT2D eigenvalue weighted by Gasteiger charge is 2.17. The third kappa shape index (κ3) is 6.12. The van der Waals surface area contributed by atoms with E-state index in [1.807, 2.05) is 0 Å². The van der Waals surface area contributed by atoms with Gasteiger partial charge in [-0.2, -0.15) is 0 Å². The Morgan fingerprint density at radius 3 is 2.54 bits per heavy atom. The second kappa shape index (κ2) is 9.30. The van der Waals surface area contributed by atoms with Crippen molar-refractivity contribution in [2.45, 2.75) is 25.8 Å². The lowest BCUT2D eigenvalue weighted by molar-refractivity contribution is -0.122. The first-order chi connectivity index (χ1) is 12.3. The van der Waals surface area contributed by atoms with E-state index in [4.69, 9.17) is 16.7 Å². The molecule has 1 aromatic heterocycles. The van der Waals surface area contributed by atoms with E-state index in [1.165, 1.54) is 23.6 Å². The third-order valence-electron chi connectivity index (χ3n) is 3.47. The van der Waals surface area contributed by atoms with E-state index in [1.54, 1.807) is 24.3 Å². The van der Waals surface area contributed by atoms with E-state index in [2.05, 4.69) is 15.6 Å². The summed E-state index contributed by atoms with van der Waals surface area (Å²) < 4.78 is 0. The van der Waals surface area contributed by atoms with Gasteiger partial charge in [0.2, 0.25) is 11.8 Å². The first kappa shape index (κ1) is 19.9. The summed E-state index contributed by atoms with van der Waals surface area (Å²) >= 11 is 7.10. The number of thiazole rings is 1. The molecule has 1 unspecified atom stereocenters. The van der Waals surface area contributed by atoms with Gasteiger partial charge in [-0.15, -0.1) is 11.3 Å². The molecule has 0 aliphatic rings. The van der Waals surface area contributed by atoms with Crippen LogP contribution in [0.4, 0.5) is 0 Å². The number of aromatic nitrogens is 1. The largest absolute Gasteiger partial charge is 0.476 e. The highest BCUT2D eigenvalue weighted by molar-refractivity contribution is 7.09. The number of aromatic carboxylic acids is 1. The molecule has 3 N–H and O–H groups in total. The number of hydrogen-bond donors (Lipinski definition) is 3. The fourth-order valence-corrected chi connectivity index (χ4v) is 3.18. The summed E-state index contributed by atoms with van der Waals surface area (Å²) in [7, 11) is 0. The number of carbonyl (C=O) groups is 3. The SMILES string of the molecule is CC(=O)NC(CC(=O)NCCc1nc(C(=O)O)cs1)c1ccc(Cl)cc1. The maximum Gasteiger partial charge on any atom is 0.355 e. The van der Waals surface area contributed by atoms with Gasteiger partial charge in [0.05, 0.1) is 17.5 Å². The van der Waals surface area contributed by atoms with Crippen LogP contribution in [0, 0.1) is 0 Å². The minimum absolute atomic E-state index is 0.00443. The summed E-state index contributed by atoms with van der Waals surface area (Å²) in [5, 5.41) is 17.0. The van der Waals surface area contributed by atoms with Gasteiger partial charge in [-0.3, -0.25) is 9.59 Å². The highest BCUT2D eigenvalue weighted by atomic mass is 35.5. The fourth-order valence-electron chi connectivity index (χ4n) is 2.28. The maximum absolute atomic E-state index is 12.2. The Labute approximate surface area is 159 Å². The van der Waals surface area contributed by atoms with Crippen LogP contribution in [0.1, 0.15) is 40.4 Å². The lowest BCUT2D eigenvalue weighted by atomic mass is 10.0. The van der Waals surface area contributed by atoms with Crippen molar-refractivity contribution in [1.82, 2.24) is 15.6 Å². The first-order valence-corrected chi connectivity index (χ1v) is 9.08. The molecule has 0 fully saturated rings. The lowest BCUT2D eigenvalue weighted by Gasteiger charge is -2.18. The molecule has 2 aromatic rings. The zero-order chi connectivity index (χ0) is 19.1. The molecule has 0 radical (unpaired) electrons. The minimum Gasteiger partial charge on any atom is -0.476 e. The molecule has 2 amide bonds. The zero-order valence-corrected chi connectivity index (χ0v) is 15.6. The van der Waals surface area contributed by atoms with Crippen LogP contribution < -0.4 is 10.6 Å². The van der Waals surface area contributed by atoms with E-state index in [0.29, 0.717) is 23.0 Å². The van der Waals surface area contributed by atoms with E-state index >= 15 is 0 Å². The number of nitrogens with zero attached hydrogens (tertiary/aromatic N) is 1. The van der Waals surface area contributed by atoms with Crippen LogP contribution >= 0.6 is 22.9 Å². The van der Waals surface area contributed by atoms with Crippen LogP contribution in [0.2, 0.25) is 5.02 Å². The van der Waals surface area contributed by atoms with Gasteiger partial charge in [0.25, 0.3) is 0 Å². The summed E-state index contributed by atoms with van der Waals surface area (Å²) in [6.07, 6.45) is 0.523. The average molecular weight is 396 g/mol. The van der Waals surface area contributed by atoms with E-state index in [0.717, 1.165) is 5.56 Å². The Bertz CT molecular complexity index is 792. The van der Waals surface area contributed by atoms with Gasteiger partial charge in [-0.1, -0.05) is 23.7 Å². The maximum atomic E-state index is 12.2. The lowest BCUT2D eigenvalue weighted by Crippen LogP contribution is -2.33. The smallest absolute Gasteiger partial charge is 0.355 e. The number of nitrogens with one attached hydrogen (secondary N) is 2. The van der Waals surface area contributed by atoms with Crippen molar-refractivity contribution in [2.75, 3.05) is 6.54 Å². The van der Waals surface area contributed by atoms with Crippen molar-refractivity contribution in [1.29, 1.82) is 0 Å². The number of carboxylic acids is 1. The second-order valence-corrected chi connectivity index (χ2v) is 6.92. The standard InChI is InChI=1S/C17H18ClN3O4S/c1-10(22)20-13(11-2-4-12(18)5-3-11)8-15(23)19-7-6-16-21-14(9-26-16)17(24)25/h2-5,9,13H,6-8H2,1H3,(H,19,23)(H,20,22)(H,24,25). The zero-order valence-electron chi connectivity index (χ0n) is 14.0. The van der Waals surface area contributed by atoms with Crippen molar-refractivity contribution in [3.05, 3.63) is 50.9 Å². The monoisotopic (exact) mass is 395 g/mol. The van der Waals surface area contributed by atoms with Crippen LogP contribution in [0.5, 0.6) is 0 Å². The van der Waals surface area contributed by atoms with Crippen molar-refractivity contribution in [3.8, 4) is 0 Å². The van der Waals surface area contributed by atoms with Crippen LogP contribution in [0.25, 0.3) is 0 Å². The van der Waals surface area contributed by atoms with E-state index in [-0.39, 0.29) is 23.9 Å². The van der Waals surface area contributed by atoms with Gasteiger partial charge in [-0.25, -0.2) is 9.78 Å². The number of rotatable bonds is 8. The number of amides is 2. The average Bonchev–Trinajstić information content (AvgIpc) is 3.04. The predicted octanol–water partition coefficient (Wildman–Crippen LogP) is 2.42. The van der Waals surface area contributed by atoms with Crippen LogP contribution in [-0.2, 0) is 16.0 Å². The Morgan fingerprint density at radius 1 is 1.27 bits per heavy atom. The molecule has 1 aromatic carbocycles. The number of carboxylic acid groups (broad SMARTS) is 1. The Morgan fingerprint density at radius 2 is 1.96 bits per heavy atom. The molecular formula is C17H18ClN3O4S. The molecule has 0 aliphatic heterocycles. The molecule has 0 spiro atoms. The third-order valence-corrected chi connectivity index (χ3v) is 4.63. The summed E-state index contributed by atoms with van der Waals surface area (Å²) in [4.78, 5) is 38.3. The first-order valence-electron chi connectivity index (χ1n) is 7.82. The quantitative estimate of drug-likeness (QED) is 0.636. The molecule has 9 heteroatoms. The topological polar surface area (TPSA) is 108 Å². The molecule has 1 heterocycles. The number of benzene rings is 1. The summed E-state index contributed by atoms with van der Waals surface area (Å²) in [6, 6.07) is 6.47. The summed E-state index contributed by atoms with van der Waals surface area (Å²) in [5.74, 6) is -1.53. The molecule has 0 bridgehead atoms. The van der Waals surface area contributed by atoms with Crippen molar-refractivity contribution < 1.29 is 19.5 Å². The molecule has 0 aliphatic carbocycles. The molecule has 0 saturated heterocycles. The Hall–Kier alpha value is -2.45. The van der Waals surface area contributed by atoms with Crippen molar-refractivity contribution >= 4 is 40.7 Å².